The molecule has 0 saturated heterocycles. The summed E-state index contributed by atoms with van der Waals surface area (Å²) in [7, 11) is 0. The molecule has 1 aromatic heterocycles. The molecule has 2 aromatic rings. The number of halogens is 6. The summed E-state index contributed by atoms with van der Waals surface area (Å²) < 4.78 is 40.7. The molecule has 3 rings (SSSR count). The van der Waals surface area contributed by atoms with Crippen LogP contribution in [0.25, 0.3) is 0 Å². The first kappa shape index (κ1) is 22.5. The van der Waals surface area contributed by atoms with Crippen LogP contribution in [-0.4, -0.2) is 28.9 Å². The lowest BCUT2D eigenvalue weighted by molar-refractivity contribution is -0.141. The van der Waals surface area contributed by atoms with E-state index < -0.39 is 22.7 Å². The van der Waals surface area contributed by atoms with Crippen molar-refractivity contribution in [2.24, 2.45) is 5.92 Å². The van der Waals surface area contributed by atoms with E-state index in [0.717, 1.165) is 12.8 Å². The summed E-state index contributed by atoms with van der Waals surface area (Å²) in [5.41, 5.74) is -1.05. The molecule has 1 saturated carbocycles. The van der Waals surface area contributed by atoms with Crippen LogP contribution in [0.5, 0.6) is 0 Å². The van der Waals surface area contributed by atoms with E-state index >= 15 is 0 Å². The number of alkyl halides is 3. The fourth-order valence-corrected chi connectivity index (χ4v) is 4.65. The highest BCUT2D eigenvalue weighted by molar-refractivity contribution is 7.17. The average Bonchev–Trinajstić information content (AvgIpc) is 3.32. The van der Waals surface area contributed by atoms with Crippen molar-refractivity contribution in [1.82, 2.24) is 9.88 Å². The number of benzene rings is 1. The molecule has 0 unspecified atom stereocenters. The van der Waals surface area contributed by atoms with Crippen LogP contribution < -0.4 is 5.32 Å². The average molecular weight is 487 g/mol. The molecule has 0 aliphatic heterocycles. The van der Waals surface area contributed by atoms with E-state index in [2.05, 4.69) is 10.3 Å². The Morgan fingerprint density at radius 2 is 1.90 bits per heavy atom. The number of hydrogen-bond acceptors (Lipinski definition) is 4. The molecule has 11 heteroatoms. The van der Waals surface area contributed by atoms with Crippen LogP contribution >= 0.6 is 46.1 Å². The number of anilines is 2. The summed E-state index contributed by atoms with van der Waals surface area (Å²) in [4.78, 5) is 17.6. The van der Waals surface area contributed by atoms with Crippen LogP contribution in [0.3, 0.4) is 0 Å². The minimum atomic E-state index is -4.77. The predicted molar refractivity (Wildman–Crippen MR) is 111 cm³/mol. The van der Waals surface area contributed by atoms with Gasteiger partial charge in [0.2, 0.25) is 0 Å². The van der Waals surface area contributed by atoms with E-state index in [4.69, 9.17) is 34.8 Å². The van der Waals surface area contributed by atoms with Crippen molar-refractivity contribution in [3.05, 3.63) is 37.8 Å². The normalized spacial score (nSPS) is 14.2. The highest BCUT2D eigenvalue weighted by Gasteiger charge is 2.41. The van der Waals surface area contributed by atoms with Crippen molar-refractivity contribution in [1.29, 1.82) is 0 Å². The molecule has 1 aromatic carbocycles. The Hall–Kier alpha value is -1.22. The van der Waals surface area contributed by atoms with Gasteiger partial charge in [0.05, 0.1) is 15.7 Å². The molecule has 1 heterocycles. The van der Waals surface area contributed by atoms with E-state index in [9.17, 15) is 18.0 Å². The van der Waals surface area contributed by atoms with Crippen molar-refractivity contribution in [2.45, 2.75) is 32.4 Å². The SMILES string of the molecule is CCCN(CC1CC1)C(=O)c1sc(Nc2c(Cl)cc(Cl)cc2Cl)nc1C(F)(F)F. The minimum Gasteiger partial charge on any atom is -0.338 e. The Morgan fingerprint density at radius 3 is 2.41 bits per heavy atom. The molecule has 0 bridgehead atoms. The first-order chi connectivity index (χ1) is 13.6. The molecule has 0 spiro atoms. The van der Waals surface area contributed by atoms with Gasteiger partial charge in [0.25, 0.3) is 5.91 Å². The van der Waals surface area contributed by atoms with Crippen LogP contribution in [0.2, 0.25) is 15.1 Å². The van der Waals surface area contributed by atoms with Crippen LogP contribution in [0.1, 0.15) is 41.6 Å². The number of amides is 1. The number of thiazole rings is 1. The van der Waals surface area contributed by atoms with Gasteiger partial charge >= 0.3 is 6.18 Å². The standard InChI is InChI=1S/C18H17Cl3F3N3OS/c1-2-5-27(8-9-3-4-9)16(28)14-15(18(22,23)24)26-17(29-14)25-13-11(20)6-10(19)7-12(13)21/h6-7,9H,2-5,8H2,1H3,(H,25,26). The fourth-order valence-electron chi connectivity index (χ4n) is 2.78. The van der Waals surface area contributed by atoms with E-state index in [-0.39, 0.29) is 25.9 Å². The third-order valence-electron chi connectivity index (χ3n) is 4.28. The molecule has 1 aliphatic carbocycles. The van der Waals surface area contributed by atoms with Crippen molar-refractivity contribution in [2.75, 3.05) is 18.4 Å². The number of carbonyl (C=O) groups is 1. The largest absolute Gasteiger partial charge is 0.435 e. The second-order valence-electron chi connectivity index (χ2n) is 6.76. The Bertz CT molecular complexity index is 892. The molecule has 29 heavy (non-hydrogen) atoms. The van der Waals surface area contributed by atoms with Crippen LogP contribution in [0.4, 0.5) is 24.0 Å². The van der Waals surface area contributed by atoms with Crippen LogP contribution in [-0.2, 0) is 6.18 Å². The second-order valence-corrected chi connectivity index (χ2v) is 9.01. The molecular formula is C18H17Cl3F3N3OS. The summed E-state index contributed by atoms with van der Waals surface area (Å²) in [6.07, 6.45) is -2.14. The van der Waals surface area contributed by atoms with E-state index in [1.807, 2.05) is 6.92 Å². The third kappa shape index (κ3) is 5.48. The van der Waals surface area contributed by atoms with E-state index in [1.165, 1.54) is 17.0 Å². The van der Waals surface area contributed by atoms with Crippen LogP contribution in [0, 0.1) is 5.92 Å². The zero-order valence-electron chi connectivity index (χ0n) is 15.2. The monoisotopic (exact) mass is 485 g/mol. The minimum absolute atomic E-state index is 0.125. The molecule has 1 fully saturated rings. The summed E-state index contributed by atoms with van der Waals surface area (Å²) >= 11 is 18.7. The lowest BCUT2D eigenvalue weighted by Gasteiger charge is -2.21. The van der Waals surface area contributed by atoms with Gasteiger partial charge in [-0.25, -0.2) is 4.98 Å². The first-order valence-electron chi connectivity index (χ1n) is 8.89. The van der Waals surface area contributed by atoms with Gasteiger partial charge in [0.15, 0.2) is 10.8 Å². The maximum absolute atomic E-state index is 13.6. The quantitative estimate of drug-likeness (QED) is 0.453. The second kappa shape index (κ2) is 8.88. The summed E-state index contributed by atoms with van der Waals surface area (Å²) in [6.45, 7) is 2.73. The number of nitrogens with zero attached hydrogens (tertiary/aromatic N) is 2. The van der Waals surface area contributed by atoms with Crippen molar-refractivity contribution in [3.63, 3.8) is 0 Å². The van der Waals surface area contributed by atoms with Crippen molar-refractivity contribution in [3.8, 4) is 0 Å². The maximum atomic E-state index is 13.6. The van der Waals surface area contributed by atoms with Gasteiger partial charge in [-0.3, -0.25) is 4.79 Å². The fraction of sp³-hybridized carbons (Fsp3) is 0.444. The third-order valence-corrected chi connectivity index (χ3v) is 6.06. The first-order valence-corrected chi connectivity index (χ1v) is 10.8. The number of hydrogen-bond donors (Lipinski definition) is 1. The molecule has 0 atom stereocenters. The van der Waals surface area contributed by atoms with Crippen LogP contribution in [0.15, 0.2) is 12.1 Å². The predicted octanol–water partition coefficient (Wildman–Crippen LogP) is 7.13. The number of nitrogens with one attached hydrogen (secondary N) is 1. The smallest absolute Gasteiger partial charge is 0.338 e. The zero-order valence-corrected chi connectivity index (χ0v) is 18.3. The molecule has 4 nitrogen and oxygen atoms in total. The Morgan fingerprint density at radius 1 is 1.28 bits per heavy atom. The topological polar surface area (TPSA) is 45.2 Å². The van der Waals surface area contributed by atoms with Gasteiger partial charge < -0.3 is 10.2 Å². The molecule has 1 amide bonds. The highest BCUT2D eigenvalue weighted by Crippen LogP contribution is 2.41. The highest BCUT2D eigenvalue weighted by atomic mass is 35.5. The molecule has 1 N–H and O–H groups in total. The van der Waals surface area contributed by atoms with Gasteiger partial charge in [-0.05, 0) is 37.3 Å². The summed E-state index contributed by atoms with van der Waals surface area (Å²) in [6, 6.07) is 2.81. The molecule has 1 aliphatic rings. The lowest BCUT2D eigenvalue weighted by Crippen LogP contribution is -2.34. The molecular weight excluding hydrogens is 470 g/mol. The number of carbonyl (C=O) groups excluding carboxylic acids is 1. The van der Waals surface area contributed by atoms with Gasteiger partial charge in [0.1, 0.15) is 4.88 Å². The Kier molecular flexibility index (Phi) is 6.88. The van der Waals surface area contributed by atoms with E-state index in [0.29, 0.717) is 36.8 Å². The maximum Gasteiger partial charge on any atom is 0.435 e. The molecule has 0 radical (unpaired) electrons. The van der Waals surface area contributed by atoms with Gasteiger partial charge in [-0.1, -0.05) is 53.1 Å². The Balaban J connectivity index is 1.95. The number of rotatable bonds is 7. The van der Waals surface area contributed by atoms with Crippen molar-refractivity contribution >= 4 is 62.9 Å². The zero-order chi connectivity index (χ0) is 21.3. The number of aromatic nitrogens is 1. The lowest BCUT2D eigenvalue weighted by atomic mass is 10.2. The molecule has 158 valence electrons. The Labute approximate surface area is 185 Å². The van der Waals surface area contributed by atoms with Gasteiger partial charge in [0, 0.05) is 18.1 Å². The van der Waals surface area contributed by atoms with E-state index in [1.54, 1.807) is 0 Å². The van der Waals surface area contributed by atoms with Gasteiger partial charge in [-0.2, -0.15) is 13.2 Å². The van der Waals surface area contributed by atoms with Crippen molar-refractivity contribution < 1.29 is 18.0 Å². The van der Waals surface area contributed by atoms with Gasteiger partial charge in [-0.15, -0.1) is 0 Å². The summed E-state index contributed by atoms with van der Waals surface area (Å²) in [5.74, 6) is -0.304. The summed E-state index contributed by atoms with van der Waals surface area (Å²) in [5, 5.41) is 3.10.